The van der Waals surface area contributed by atoms with Crippen molar-refractivity contribution in [1.29, 1.82) is 0 Å². The molecule has 0 saturated carbocycles. The minimum absolute atomic E-state index is 0.0144. The lowest BCUT2D eigenvalue weighted by Crippen LogP contribution is -2.37. The number of nitrogens with one attached hydrogen (secondary N) is 3. The number of carbonyl (C=O) groups excluding carboxylic acids is 1. The van der Waals surface area contributed by atoms with Crippen LogP contribution in [0.3, 0.4) is 0 Å². The maximum absolute atomic E-state index is 12.4. The summed E-state index contributed by atoms with van der Waals surface area (Å²) < 4.78 is 6.82. The van der Waals surface area contributed by atoms with Gasteiger partial charge in [-0.25, -0.2) is 14.5 Å². The van der Waals surface area contributed by atoms with E-state index in [1.165, 1.54) is 6.33 Å². The number of benzene rings is 1. The predicted molar refractivity (Wildman–Crippen MR) is 112 cm³/mol. The van der Waals surface area contributed by atoms with Gasteiger partial charge in [-0.2, -0.15) is 10.2 Å². The maximum Gasteiger partial charge on any atom is 0.251 e. The molecule has 0 spiro atoms. The van der Waals surface area contributed by atoms with Crippen LogP contribution in [0.15, 0.2) is 49.2 Å². The lowest BCUT2D eigenvalue weighted by atomic mass is 10.1. The zero-order valence-corrected chi connectivity index (χ0v) is 16.7. The SMILES string of the molecule is CCC(COC)NC(=O)c1ccc(Nc2ncc(-c3cn[nH]c3)n3ncnc23)cc1. The molecule has 30 heavy (non-hydrogen) atoms. The number of hydrogen-bond acceptors (Lipinski definition) is 7. The summed E-state index contributed by atoms with van der Waals surface area (Å²) in [5.74, 6) is 0.427. The summed E-state index contributed by atoms with van der Waals surface area (Å²) in [6, 6.07) is 7.16. The summed E-state index contributed by atoms with van der Waals surface area (Å²) in [6.07, 6.45) is 7.45. The third-order valence-electron chi connectivity index (χ3n) is 4.70. The number of fused-ring (bicyclic) bond motifs is 1. The summed E-state index contributed by atoms with van der Waals surface area (Å²) in [5, 5.41) is 17.2. The second-order valence-corrected chi connectivity index (χ2v) is 6.71. The Morgan fingerprint density at radius 2 is 2.07 bits per heavy atom. The predicted octanol–water partition coefficient (Wildman–Crippen LogP) is 2.41. The van der Waals surface area contributed by atoms with E-state index in [0.717, 1.165) is 23.4 Å². The number of carbonyl (C=O) groups is 1. The minimum Gasteiger partial charge on any atom is -0.383 e. The van der Waals surface area contributed by atoms with Crippen LogP contribution in [0.5, 0.6) is 0 Å². The number of methoxy groups -OCH3 is 1. The van der Waals surface area contributed by atoms with Crippen LogP contribution >= 0.6 is 0 Å². The van der Waals surface area contributed by atoms with Crippen molar-refractivity contribution < 1.29 is 9.53 Å². The van der Waals surface area contributed by atoms with Crippen LogP contribution < -0.4 is 10.6 Å². The Balaban J connectivity index is 1.51. The number of amides is 1. The lowest BCUT2D eigenvalue weighted by molar-refractivity contribution is 0.0894. The number of ether oxygens (including phenoxy) is 1. The van der Waals surface area contributed by atoms with E-state index in [-0.39, 0.29) is 11.9 Å². The molecule has 4 aromatic rings. The first-order chi connectivity index (χ1) is 14.7. The molecule has 0 fully saturated rings. The van der Waals surface area contributed by atoms with Crippen molar-refractivity contribution in [1.82, 2.24) is 35.1 Å². The molecule has 0 bridgehead atoms. The highest BCUT2D eigenvalue weighted by Crippen LogP contribution is 2.23. The van der Waals surface area contributed by atoms with Crippen molar-refractivity contribution >= 4 is 23.1 Å². The normalized spacial score (nSPS) is 12.1. The van der Waals surface area contributed by atoms with Crippen LogP contribution in [0, 0.1) is 0 Å². The number of anilines is 2. The minimum atomic E-state index is -0.132. The topological polar surface area (TPSA) is 122 Å². The van der Waals surface area contributed by atoms with E-state index in [1.54, 1.807) is 42.3 Å². The molecule has 154 valence electrons. The second-order valence-electron chi connectivity index (χ2n) is 6.71. The van der Waals surface area contributed by atoms with Gasteiger partial charge in [0.15, 0.2) is 11.5 Å². The van der Waals surface area contributed by atoms with Crippen LogP contribution in [-0.2, 0) is 4.74 Å². The molecule has 0 radical (unpaired) electrons. The Kier molecular flexibility index (Phi) is 5.66. The quantitative estimate of drug-likeness (QED) is 0.411. The first-order valence-electron chi connectivity index (χ1n) is 9.54. The molecule has 0 aliphatic carbocycles. The van der Waals surface area contributed by atoms with E-state index >= 15 is 0 Å². The summed E-state index contributed by atoms with van der Waals surface area (Å²) in [7, 11) is 1.62. The monoisotopic (exact) mass is 406 g/mol. The number of aromatic nitrogens is 6. The largest absolute Gasteiger partial charge is 0.383 e. The molecule has 0 aliphatic heterocycles. The maximum atomic E-state index is 12.4. The Morgan fingerprint density at radius 3 is 2.77 bits per heavy atom. The zero-order chi connectivity index (χ0) is 20.9. The highest BCUT2D eigenvalue weighted by molar-refractivity contribution is 5.94. The number of aromatic amines is 1. The molecule has 10 heteroatoms. The van der Waals surface area contributed by atoms with E-state index in [0.29, 0.717) is 23.6 Å². The van der Waals surface area contributed by atoms with Crippen molar-refractivity contribution in [2.24, 2.45) is 0 Å². The lowest BCUT2D eigenvalue weighted by Gasteiger charge is -2.16. The highest BCUT2D eigenvalue weighted by Gasteiger charge is 2.14. The first kappa shape index (κ1) is 19.5. The van der Waals surface area contributed by atoms with E-state index in [4.69, 9.17) is 4.74 Å². The molecule has 3 heterocycles. The summed E-state index contributed by atoms with van der Waals surface area (Å²) >= 11 is 0. The van der Waals surface area contributed by atoms with Crippen molar-refractivity contribution in [2.75, 3.05) is 19.0 Å². The van der Waals surface area contributed by atoms with E-state index < -0.39 is 0 Å². The van der Waals surface area contributed by atoms with Gasteiger partial charge in [-0.05, 0) is 30.7 Å². The molecular weight excluding hydrogens is 384 g/mol. The van der Waals surface area contributed by atoms with Crippen molar-refractivity contribution in [3.63, 3.8) is 0 Å². The zero-order valence-electron chi connectivity index (χ0n) is 16.7. The third kappa shape index (κ3) is 3.98. The third-order valence-corrected chi connectivity index (χ3v) is 4.70. The van der Waals surface area contributed by atoms with Gasteiger partial charge in [0, 0.05) is 30.1 Å². The molecular formula is C20H22N8O2. The van der Waals surface area contributed by atoms with Gasteiger partial charge in [0.25, 0.3) is 5.91 Å². The Hall–Kier alpha value is -3.79. The fourth-order valence-corrected chi connectivity index (χ4v) is 3.07. The number of nitrogens with zero attached hydrogens (tertiary/aromatic N) is 5. The summed E-state index contributed by atoms with van der Waals surface area (Å²) in [4.78, 5) is 21.2. The van der Waals surface area contributed by atoms with Gasteiger partial charge in [0.1, 0.15) is 6.33 Å². The van der Waals surface area contributed by atoms with Gasteiger partial charge in [-0.3, -0.25) is 9.89 Å². The first-order valence-corrected chi connectivity index (χ1v) is 9.54. The molecule has 1 amide bonds. The molecule has 0 saturated heterocycles. The van der Waals surface area contributed by atoms with E-state index in [1.807, 2.05) is 19.1 Å². The number of rotatable bonds is 8. The van der Waals surface area contributed by atoms with Crippen LogP contribution in [-0.4, -0.2) is 55.4 Å². The van der Waals surface area contributed by atoms with Gasteiger partial charge in [0.05, 0.1) is 30.7 Å². The summed E-state index contributed by atoms with van der Waals surface area (Å²) in [5.41, 5.74) is 3.57. The van der Waals surface area contributed by atoms with Crippen LogP contribution in [0.25, 0.3) is 16.9 Å². The molecule has 10 nitrogen and oxygen atoms in total. The molecule has 3 N–H and O–H groups in total. The van der Waals surface area contributed by atoms with Gasteiger partial charge in [-0.15, -0.1) is 0 Å². The molecule has 1 aromatic carbocycles. The highest BCUT2D eigenvalue weighted by atomic mass is 16.5. The molecule has 4 rings (SSSR count). The van der Waals surface area contributed by atoms with Crippen molar-refractivity contribution in [2.45, 2.75) is 19.4 Å². The van der Waals surface area contributed by atoms with Gasteiger partial charge in [-0.1, -0.05) is 6.92 Å². The van der Waals surface area contributed by atoms with E-state index in [9.17, 15) is 4.79 Å². The van der Waals surface area contributed by atoms with Crippen molar-refractivity contribution in [3.05, 3.63) is 54.7 Å². The fourth-order valence-electron chi connectivity index (χ4n) is 3.07. The molecule has 1 unspecified atom stereocenters. The smallest absolute Gasteiger partial charge is 0.251 e. The molecule has 0 aliphatic rings. The van der Waals surface area contributed by atoms with Gasteiger partial charge in [0.2, 0.25) is 0 Å². The average Bonchev–Trinajstić information content (AvgIpc) is 3.46. The second kappa shape index (κ2) is 8.70. The van der Waals surface area contributed by atoms with Crippen LogP contribution in [0.4, 0.5) is 11.5 Å². The average molecular weight is 406 g/mol. The van der Waals surface area contributed by atoms with Gasteiger partial charge >= 0.3 is 0 Å². The fraction of sp³-hybridized carbons (Fsp3) is 0.250. The Bertz CT molecular complexity index is 1120. The van der Waals surface area contributed by atoms with Gasteiger partial charge < -0.3 is 15.4 Å². The van der Waals surface area contributed by atoms with E-state index in [2.05, 4.69) is 35.9 Å². The van der Waals surface area contributed by atoms with Crippen LogP contribution in [0.1, 0.15) is 23.7 Å². The molecule has 3 aromatic heterocycles. The number of H-pyrrole nitrogens is 1. The Labute approximate surface area is 172 Å². The van der Waals surface area contributed by atoms with Crippen molar-refractivity contribution in [3.8, 4) is 11.3 Å². The standard InChI is InChI=1S/C20H22N8O2/c1-3-15(11-30-2)27-20(29)13-4-6-16(7-5-13)26-18-19-22-12-25-28(19)17(10-21-18)14-8-23-24-9-14/h4-10,12,15H,3,11H2,1-2H3,(H,21,26)(H,23,24)(H,27,29). The summed E-state index contributed by atoms with van der Waals surface area (Å²) in [6.45, 7) is 2.49. The van der Waals surface area contributed by atoms with Crippen LogP contribution in [0.2, 0.25) is 0 Å². The Morgan fingerprint density at radius 1 is 1.23 bits per heavy atom. The molecule has 1 atom stereocenters. The number of hydrogen-bond donors (Lipinski definition) is 3.